The van der Waals surface area contributed by atoms with Crippen LogP contribution in [0.5, 0.6) is 0 Å². The van der Waals surface area contributed by atoms with Gasteiger partial charge in [0.2, 0.25) is 5.91 Å². The molecule has 2 N–H and O–H groups in total. The maximum absolute atomic E-state index is 12.6. The first-order valence-corrected chi connectivity index (χ1v) is 7.96. The van der Waals surface area contributed by atoms with Crippen molar-refractivity contribution in [2.75, 3.05) is 7.11 Å². The summed E-state index contributed by atoms with van der Waals surface area (Å²) in [6, 6.07) is -0.554. The van der Waals surface area contributed by atoms with Gasteiger partial charge in [0.05, 0.1) is 7.11 Å². The maximum atomic E-state index is 12.6. The molecule has 5 nitrogen and oxygen atoms in total. The fraction of sp³-hybridized carbons (Fsp3) is 0.875. The van der Waals surface area contributed by atoms with Crippen molar-refractivity contribution in [3.05, 3.63) is 0 Å². The van der Waals surface area contributed by atoms with E-state index in [0.29, 0.717) is 5.92 Å². The molecule has 21 heavy (non-hydrogen) atoms. The van der Waals surface area contributed by atoms with E-state index in [1.165, 1.54) is 7.11 Å². The Hall–Kier alpha value is -1.26. The Balaban J connectivity index is 2.76. The predicted molar refractivity (Wildman–Crippen MR) is 83.0 cm³/mol. The third kappa shape index (κ3) is 5.21. The fourth-order valence-corrected chi connectivity index (χ4v) is 3.27. The number of nitrogens with one attached hydrogen (secondary N) is 2. The highest BCUT2D eigenvalue weighted by molar-refractivity contribution is 5.86. The minimum absolute atomic E-state index is 0.0154. The zero-order valence-electron chi connectivity index (χ0n) is 14.0. The quantitative estimate of drug-likeness (QED) is 0.792. The molecule has 122 valence electrons. The van der Waals surface area contributed by atoms with E-state index in [1.807, 2.05) is 13.8 Å². The third-order valence-electron chi connectivity index (χ3n) is 4.16. The van der Waals surface area contributed by atoms with E-state index in [1.54, 1.807) is 0 Å². The number of hydrogen-bond donors (Lipinski definition) is 2. The van der Waals surface area contributed by atoms with Crippen LogP contribution in [0.2, 0.25) is 0 Å². The maximum Gasteiger partial charge on any atom is 0.407 e. The first-order chi connectivity index (χ1) is 9.79. The van der Waals surface area contributed by atoms with Gasteiger partial charge < -0.3 is 15.4 Å². The summed E-state index contributed by atoms with van der Waals surface area (Å²) in [5.74, 6) is 0.453. The Morgan fingerprint density at radius 1 is 1.14 bits per heavy atom. The van der Waals surface area contributed by atoms with Crippen LogP contribution in [0.25, 0.3) is 0 Å². The molecule has 0 bridgehead atoms. The van der Waals surface area contributed by atoms with Crippen molar-refractivity contribution in [3.8, 4) is 0 Å². The van der Waals surface area contributed by atoms with E-state index in [0.717, 1.165) is 32.1 Å². The van der Waals surface area contributed by atoms with Crippen molar-refractivity contribution < 1.29 is 14.3 Å². The van der Waals surface area contributed by atoms with Gasteiger partial charge in [-0.15, -0.1) is 0 Å². The number of amides is 2. The van der Waals surface area contributed by atoms with Gasteiger partial charge in [-0.25, -0.2) is 4.79 Å². The van der Waals surface area contributed by atoms with E-state index in [4.69, 9.17) is 0 Å². The summed E-state index contributed by atoms with van der Waals surface area (Å²) in [4.78, 5) is 24.0. The van der Waals surface area contributed by atoms with Crippen LogP contribution in [-0.4, -0.2) is 30.7 Å². The fourth-order valence-electron chi connectivity index (χ4n) is 3.27. The van der Waals surface area contributed by atoms with Crippen molar-refractivity contribution in [1.82, 2.24) is 10.6 Å². The predicted octanol–water partition coefficient (Wildman–Crippen LogP) is 2.84. The van der Waals surface area contributed by atoms with Crippen LogP contribution in [0.15, 0.2) is 0 Å². The van der Waals surface area contributed by atoms with Crippen molar-refractivity contribution in [1.29, 1.82) is 0 Å². The Kier molecular flexibility index (Phi) is 6.49. The average molecular weight is 298 g/mol. The number of alkyl carbamates (subject to hydrolysis) is 1. The van der Waals surface area contributed by atoms with Gasteiger partial charge in [0, 0.05) is 5.54 Å². The Bertz CT molecular complexity index is 361. The molecule has 0 aromatic carbocycles. The average Bonchev–Trinajstić information content (AvgIpc) is 2.82. The molecule has 0 unspecified atom stereocenters. The lowest BCUT2D eigenvalue weighted by Crippen LogP contribution is -2.56. The standard InChI is InChI=1S/C16H30N2O3/c1-11(2)10-16(8-6-7-9-16)18-14(19)13(12(3)4)17-15(20)21-5/h11-13H,6-10H2,1-5H3,(H,17,20)(H,18,19)/t13-/m0/s1. The first kappa shape index (κ1) is 17.8. The van der Waals surface area contributed by atoms with Crippen LogP contribution in [0.3, 0.4) is 0 Å². The van der Waals surface area contributed by atoms with E-state index in [9.17, 15) is 9.59 Å². The second-order valence-electron chi connectivity index (χ2n) is 6.93. The molecule has 1 aliphatic rings. The number of ether oxygens (including phenoxy) is 1. The van der Waals surface area contributed by atoms with Gasteiger partial charge in [0.15, 0.2) is 0 Å². The molecular weight excluding hydrogens is 268 g/mol. The van der Waals surface area contributed by atoms with Crippen LogP contribution in [0.4, 0.5) is 4.79 Å². The Labute approximate surface area is 128 Å². The van der Waals surface area contributed by atoms with Gasteiger partial charge in [-0.1, -0.05) is 40.5 Å². The molecule has 1 fully saturated rings. The van der Waals surface area contributed by atoms with E-state index < -0.39 is 12.1 Å². The summed E-state index contributed by atoms with van der Waals surface area (Å²) in [6.07, 6.45) is 4.79. The summed E-state index contributed by atoms with van der Waals surface area (Å²) in [5.41, 5.74) is -0.101. The van der Waals surface area contributed by atoms with Gasteiger partial charge in [0.1, 0.15) is 6.04 Å². The molecule has 1 aliphatic carbocycles. The molecule has 2 amide bonds. The van der Waals surface area contributed by atoms with E-state index in [2.05, 4.69) is 29.2 Å². The van der Waals surface area contributed by atoms with Crippen LogP contribution >= 0.6 is 0 Å². The highest BCUT2D eigenvalue weighted by Gasteiger charge is 2.38. The molecule has 0 spiro atoms. The third-order valence-corrected chi connectivity index (χ3v) is 4.16. The van der Waals surface area contributed by atoms with E-state index in [-0.39, 0.29) is 17.4 Å². The second-order valence-corrected chi connectivity index (χ2v) is 6.93. The Morgan fingerprint density at radius 2 is 1.71 bits per heavy atom. The molecule has 0 aliphatic heterocycles. The highest BCUT2D eigenvalue weighted by atomic mass is 16.5. The molecule has 1 rings (SSSR count). The van der Waals surface area contributed by atoms with E-state index >= 15 is 0 Å². The smallest absolute Gasteiger partial charge is 0.407 e. The minimum atomic E-state index is -0.562. The van der Waals surface area contributed by atoms with Gasteiger partial charge in [-0.3, -0.25) is 4.79 Å². The highest BCUT2D eigenvalue weighted by Crippen LogP contribution is 2.35. The summed E-state index contributed by atoms with van der Waals surface area (Å²) in [5, 5.41) is 5.86. The lowest BCUT2D eigenvalue weighted by Gasteiger charge is -2.34. The van der Waals surface area contributed by atoms with Crippen LogP contribution in [-0.2, 0) is 9.53 Å². The molecule has 0 aromatic rings. The van der Waals surface area contributed by atoms with Crippen molar-refractivity contribution >= 4 is 12.0 Å². The SMILES string of the molecule is COC(=O)N[C@H](C(=O)NC1(CC(C)C)CCCC1)C(C)C. The topological polar surface area (TPSA) is 67.4 Å². The normalized spacial score (nSPS) is 18.6. The molecule has 0 aromatic heterocycles. The summed E-state index contributed by atoms with van der Waals surface area (Å²) in [6.45, 7) is 8.20. The largest absolute Gasteiger partial charge is 0.453 e. The number of hydrogen-bond acceptors (Lipinski definition) is 3. The molecule has 0 heterocycles. The van der Waals surface area contributed by atoms with Crippen LogP contribution < -0.4 is 10.6 Å². The zero-order chi connectivity index (χ0) is 16.0. The van der Waals surface area contributed by atoms with Crippen LogP contribution in [0.1, 0.15) is 59.8 Å². The van der Waals surface area contributed by atoms with Crippen molar-refractivity contribution in [3.63, 3.8) is 0 Å². The van der Waals surface area contributed by atoms with Crippen LogP contribution in [0, 0.1) is 11.8 Å². The molecule has 1 atom stereocenters. The monoisotopic (exact) mass is 298 g/mol. The van der Waals surface area contributed by atoms with Gasteiger partial charge in [0.25, 0.3) is 0 Å². The number of carbonyl (C=O) groups is 2. The molecule has 5 heteroatoms. The van der Waals surface area contributed by atoms with Gasteiger partial charge in [-0.2, -0.15) is 0 Å². The number of carbonyl (C=O) groups excluding carboxylic acids is 2. The van der Waals surface area contributed by atoms with Gasteiger partial charge in [-0.05, 0) is 31.1 Å². The summed E-state index contributed by atoms with van der Waals surface area (Å²) < 4.78 is 4.61. The Morgan fingerprint density at radius 3 is 2.14 bits per heavy atom. The molecule has 0 radical (unpaired) electrons. The zero-order valence-corrected chi connectivity index (χ0v) is 14.0. The molecule has 1 saturated carbocycles. The molecule has 0 saturated heterocycles. The van der Waals surface area contributed by atoms with Crippen molar-refractivity contribution in [2.45, 2.75) is 71.4 Å². The number of methoxy groups -OCH3 is 1. The van der Waals surface area contributed by atoms with Crippen molar-refractivity contribution in [2.24, 2.45) is 11.8 Å². The second kappa shape index (κ2) is 7.66. The van der Waals surface area contributed by atoms with Gasteiger partial charge >= 0.3 is 6.09 Å². The first-order valence-electron chi connectivity index (χ1n) is 7.96. The minimum Gasteiger partial charge on any atom is -0.453 e. The summed E-state index contributed by atoms with van der Waals surface area (Å²) in [7, 11) is 1.31. The lowest BCUT2D eigenvalue weighted by atomic mass is 9.86. The lowest BCUT2D eigenvalue weighted by molar-refractivity contribution is -0.126. The summed E-state index contributed by atoms with van der Waals surface area (Å²) >= 11 is 0. The molecular formula is C16H30N2O3. The number of rotatable bonds is 6.